The number of aryl methyl sites for hydroxylation is 1. The highest BCUT2D eigenvalue weighted by Gasteiger charge is 2.21. The van der Waals surface area contributed by atoms with Gasteiger partial charge in [-0.05, 0) is 49.7 Å². The van der Waals surface area contributed by atoms with Gasteiger partial charge in [-0.25, -0.2) is 0 Å². The molecule has 1 aliphatic heterocycles. The second-order valence-electron chi connectivity index (χ2n) is 6.19. The van der Waals surface area contributed by atoms with E-state index in [0.717, 1.165) is 30.2 Å². The van der Waals surface area contributed by atoms with Gasteiger partial charge in [-0.15, -0.1) is 0 Å². The van der Waals surface area contributed by atoms with Crippen molar-refractivity contribution in [2.24, 2.45) is 0 Å². The van der Waals surface area contributed by atoms with Gasteiger partial charge in [0.05, 0.1) is 6.54 Å². The molecule has 0 N–H and O–H groups in total. The van der Waals surface area contributed by atoms with Crippen molar-refractivity contribution in [3.8, 4) is 5.75 Å². The Morgan fingerprint density at radius 1 is 1.24 bits per heavy atom. The van der Waals surface area contributed by atoms with Gasteiger partial charge in [0, 0.05) is 25.7 Å². The summed E-state index contributed by atoms with van der Waals surface area (Å²) < 4.78 is 11.0. The van der Waals surface area contributed by atoms with Crippen LogP contribution < -0.4 is 9.64 Å². The van der Waals surface area contributed by atoms with E-state index < -0.39 is 0 Å². The van der Waals surface area contributed by atoms with Gasteiger partial charge in [-0.3, -0.25) is 9.59 Å². The maximum atomic E-state index is 12.2. The van der Waals surface area contributed by atoms with Crippen LogP contribution in [0.4, 0.5) is 5.69 Å². The highest BCUT2D eigenvalue weighted by molar-refractivity contribution is 5.95. The molecule has 132 valence electrons. The molecule has 6 nitrogen and oxygen atoms in total. The molecule has 1 fully saturated rings. The van der Waals surface area contributed by atoms with Crippen LogP contribution in [0.25, 0.3) is 0 Å². The molecule has 2 amide bonds. The number of hydrogen-bond acceptors (Lipinski definition) is 4. The molecule has 0 aliphatic carbocycles. The monoisotopic (exact) mass is 342 g/mol. The summed E-state index contributed by atoms with van der Waals surface area (Å²) in [5.41, 5.74) is 0.867. The summed E-state index contributed by atoms with van der Waals surface area (Å²) in [5.74, 6) is 2.19. The molecule has 6 heteroatoms. The maximum absolute atomic E-state index is 12.2. The van der Waals surface area contributed by atoms with E-state index in [-0.39, 0.29) is 18.4 Å². The van der Waals surface area contributed by atoms with Crippen LogP contribution in [0.3, 0.4) is 0 Å². The van der Waals surface area contributed by atoms with E-state index in [4.69, 9.17) is 9.15 Å². The molecule has 1 aromatic heterocycles. The average Bonchev–Trinajstić information content (AvgIpc) is 3.21. The number of likely N-dealkylation sites (N-methyl/N-ethyl adjacent to an activating group) is 1. The Labute approximate surface area is 147 Å². The number of ether oxygens (including phenoxy) is 1. The molecular formula is C19H22N2O4. The smallest absolute Gasteiger partial charge is 0.260 e. The van der Waals surface area contributed by atoms with E-state index in [1.807, 2.05) is 31.2 Å². The van der Waals surface area contributed by atoms with Crippen molar-refractivity contribution >= 4 is 17.5 Å². The Hall–Kier alpha value is -2.76. The van der Waals surface area contributed by atoms with Gasteiger partial charge in [0.25, 0.3) is 5.91 Å². The van der Waals surface area contributed by atoms with E-state index in [9.17, 15) is 9.59 Å². The van der Waals surface area contributed by atoms with Gasteiger partial charge >= 0.3 is 0 Å². The zero-order valence-corrected chi connectivity index (χ0v) is 14.5. The van der Waals surface area contributed by atoms with Crippen LogP contribution in [0.1, 0.15) is 24.4 Å². The molecule has 3 rings (SSSR count). The molecule has 0 unspecified atom stereocenters. The van der Waals surface area contributed by atoms with Crippen LogP contribution >= 0.6 is 0 Å². The van der Waals surface area contributed by atoms with Crippen molar-refractivity contribution in [1.82, 2.24) is 4.90 Å². The van der Waals surface area contributed by atoms with E-state index in [1.54, 1.807) is 29.0 Å². The van der Waals surface area contributed by atoms with Crippen molar-refractivity contribution < 1.29 is 18.7 Å². The number of anilines is 1. The van der Waals surface area contributed by atoms with Crippen molar-refractivity contribution in [2.45, 2.75) is 26.3 Å². The first-order chi connectivity index (χ1) is 12.0. The van der Waals surface area contributed by atoms with Crippen LogP contribution in [0.2, 0.25) is 0 Å². The first-order valence-electron chi connectivity index (χ1n) is 8.35. The fourth-order valence-electron chi connectivity index (χ4n) is 2.79. The zero-order chi connectivity index (χ0) is 17.8. The standard InChI is InChI=1S/C19H22N2O4/c1-14-5-8-17(25-14)12-20(2)19(23)13-24-16-9-6-15(7-10-16)21-11-3-4-18(21)22/h5-10H,3-4,11-13H2,1-2H3. The van der Waals surface area contributed by atoms with Gasteiger partial charge in [0.2, 0.25) is 5.91 Å². The van der Waals surface area contributed by atoms with Gasteiger partial charge in [-0.1, -0.05) is 0 Å². The first kappa shape index (κ1) is 17.1. The minimum absolute atomic E-state index is 0.0435. The second-order valence-corrected chi connectivity index (χ2v) is 6.19. The fraction of sp³-hybridized carbons (Fsp3) is 0.368. The summed E-state index contributed by atoms with van der Waals surface area (Å²) >= 11 is 0. The lowest BCUT2D eigenvalue weighted by atomic mass is 10.3. The normalized spacial score (nSPS) is 14.0. The van der Waals surface area contributed by atoms with Gasteiger partial charge in [-0.2, -0.15) is 0 Å². The Morgan fingerprint density at radius 2 is 2.00 bits per heavy atom. The van der Waals surface area contributed by atoms with Crippen molar-refractivity contribution in [2.75, 3.05) is 25.1 Å². The van der Waals surface area contributed by atoms with Crippen molar-refractivity contribution in [1.29, 1.82) is 0 Å². The molecule has 0 spiro atoms. The number of furan rings is 1. The van der Waals surface area contributed by atoms with E-state index in [0.29, 0.717) is 18.7 Å². The average molecular weight is 342 g/mol. The van der Waals surface area contributed by atoms with E-state index >= 15 is 0 Å². The predicted octanol–water partition coefficient (Wildman–Crippen LogP) is 2.75. The van der Waals surface area contributed by atoms with E-state index in [1.165, 1.54) is 0 Å². The molecule has 25 heavy (non-hydrogen) atoms. The van der Waals surface area contributed by atoms with Crippen molar-refractivity contribution in [3.63, 3.8) is 0 Å². The zero-order valence-electron chi connectivity index (χ0n) is 14.5. The quantitative estimate of drug-likeness (QED) is 0.810. The molecular weight excluding hydrogens is 320 g/mol. The Morgan fingerprint density at radius 3 is 2.60 bits per heavy atom. The molecule has 0 atom stereocenters. The lowest BCUT2D eigenvalue weighted by Gasteiger charge is -2.17. The van der Waals surface area contributed by atoms with Crippen LogP contribution in [-0.2, 0) is 16.1 Å². The molecule has 0 saturated carbocycles. The van der Waals surface area contributed by atoms with Crippen LogP contribution in [0.5, 0.6) is 5.75 Å². The molecule has 0 radical (unpaired) electrons. The topological polar surface area (TPSA) is 63.0 Å². The Bertz CT molecular complexity index is 751. The molecule has 1 aromatic carbocycles. The summed E-state index contributed by atoms with van der Waals surface area (Å²) in [6, 6.07) is 11.0. The fourth-order valence-corrected chi connectivity index (χ4v) is 2.79. The van der Waals surface area contributed by atoms with Crippen LogP contribution in [0.15, 0.2) is 40.8 Å². The molecule has 0 bridgehead atoms. The third kappa shape index (κ3) is 4.21. The molecule has 2 aromatic rings. The Kier molecular flexibility index (Phi) is 5.07. The van der Waals surface area contributed by atoms with E-state index in [2.05, 4.69) is 0 Å². The number of benzene rings is 1. The minimum atomic E-state index is -0.132. The number of rotatable bonds is 6. The maximum Gasteiger partial charge on any atom is 0.260 e. The largest absolute Gasteiger partial charge is 0.484 e. The second kappa shape index (κ2) is 7.42. The highest BCUT2D eigenvalue weighted by Crippen LogP contribution is 2.23. The number of carbonyl (C=O) groups excluding carboxylic acids is 2. The summed E-state index contributed by atoms with van der Waals surface area (Å²) in [6.45, 7) is 2.99. The molecule has 2 heterocycles. The summed E-state index contributed by atoms with van der Waals surface area (Å²) in [5, 5.41) is 0. The summed E-state index contributed by atoms with van der Waals surface area (Å²) in [7, 11) is 1.71. The number of hydrogen-bond donors (Lipinski definition) is 0. The predicted molar refractivity (Wildman–Crippen MR) is 93.4 cm³/mol. The highest BCUT2D eigenvalue weighted by atomic mass is 16.5. The lowest BCUT2D eigenvalue weighted by molar-refractivity contribution is -0.132. The third-order valence-electron chi connectivity index (χ3n) is 4.20. The van der Waals surface area contributed by atoms with Gasteiger partial charge in [0.1, 0.15) is 17.3 Å². The SMILES string of the molecule is Cc1ccc(CN(C)C(=O)COc2ccc(N3CCCC3=O)cc2)o1. The summed E-state index contributed by atoms with van der Waals surface area (Å²) in [6.07, 6.45) is 1.50. The van der Waals surface area contributed by atoms with Crippen molar-refractivity contribution in [3.05, 3.63) is 47.9 Å². The van der Waals surface area contributed by atoms with Gasteiger partial charge in [0.15, 0.2) is 6.61 Å². The number of amides is 2. The third-order valence-corrected chi connectivity index (χ3v) is 4.20. The molecule has 1 saturated heterocycles. The van der Waals surface area contributed by atoms with Crippen LogP contribution in [-0.4, -0.2) is 36.9 Å². The minimum Gasteiger partial charge on any atom is -0.484 e. The number of nitrogens with zero attached hydrogens (tertiary/aromatic N) is 2. The Balaban J connectivity index is 1.50. The summed E-state index contributed by atoms with van der Waals surface area (Å²) in [4.78, 5) is 27.2. The lowest BCUT2D eigenvalue weighted by Crippen LogP contribution is -2.30. The first-order valence-corrected chi connectivity index (χ1v) is 8.35. The van der Waals surface area contributed by atoms with Crippen LogP contribution in [0, 0.1) is 6.92 Å². The van der Waals surface area contributed by atoms with Gasteiger partial charge < -0.3 is 19.0 Å². The molecule has 1 aliphatic rings. The number of carbonyl (C=O) groups is 2.